The molecule has 3 aromatic rings. The lowest BCUT2D eigenvalue weighted by Gasteiger charge is -2.34. The average Bonchev–Trinajstić information content (AvgIpc) is 2.90. The minimum Gasteiger partial charge on any atom is -0.444 e. The molecular formula is C32H38N4O5. The Bertz CT molecular complexity index is 1410. The summed E-state index contributed by atoms with van der Waals surface area (Å²) in [5.41, 5.74) is 6.66. The topological polar surface area (TPSA) is 131 Å². The minimum absolute atomic E-state index is 0.00835. The number of aryl methyl sites for hydroxylation is 1. The van der Waals surface area contributed by atoms with E-state index < -0.39 is 41.5 Å². The number of hydrogen-bond donors (Lipinski definition) is 3. The molecule has 0 saturated heterocycles. The van der Waals surface area contributed by atoms with E-state index in [2.05, 4.69) is 17.2 Å². The maximum absolute atomic E-state index is 14.0. The summed E-state index contributed by atoms with van der Waals surface area (Å²) in [5, 5.41) is 7.49. The second kappa shape index (κ2) is 13.6. The lowest BCUT2D eigenvalue weighted by Crippen LogP contribution is -2.52. The van der Waals surface area contributed by atoms with Crippen molar-refractivity contribution in [2.45, 2.75) is 58.2 Å². The number of nitrogens with one attached hydrogen (secondary N) is 2. The quantitative estimate of drug-likeness (QED) is 0.285. The third-order valence-corrected chi connectivity index (χ3v) is 6.25. The third-order valence-electron chi connectivity index (χ3n) is 6.25. The SMILES string of the molecule is C=CCN(C(=O)C(CCC(N)=O)NC(=O)OC(C)(C)C)C(C(=O)Nc1ccc2ccccc2c1)c1ccc(C)cc1. The van der Waals surface area contributed by atoms with Crippen molar-refractivity contribution in [3.8, 4) is 0 Å². The van der Waals surface area contributed by atoms with Gasteiger partial charge in [0, 0.05) is 18.7 Å². The van der Waals surface area contributed by atoms with Crippen LogP contribution in [0.3, 0.4) is 0 Å². The Morgan fingerprint density at radius 2 is 1.66 bits per heavy atom. The van der Waals surface area contributed by atoms with Crippen LogP contribution in [-0.2, 0) is 19.1 Å². The molecule has 4 N–H and O–H groups in total. The van der Waals surface area contributed by atoms with E-state index in [1.807, 2.05) is 55.5 Å². The molecule has 0 aliphatic heterocycles. The van der Waals surface area contributed by atoms with Crippen molar-refractivity contribution in [2.75, 3.05) is 11.9 Å². The van der Waals surface area contributed by atoms with Crippen molar-refractivity contribution in [3.05, 3.63) is 90.5 Å². The van der Waals surface area contributed by atoms with Crippen LogP contribution >= 0.6 is 0 Å². The fraction of sp³-hybridized carbons (Fsp3) is 0.312. The number of fused-ring (bicyclic) bond motifs is 1. The van der Waals surface area contributed by atoms with E-state index in [1.165, 1.54) is 11.0 Å². The van der Waals surface area contributed by atoms with E-state index in [1.54, 1.807) is 39.0 Å². The molecule has 2 unspecified atom stereocenters. The van der Waals surface area contributed by atoms with Crippen LogP contribution in [0.5, 0.6) is 0 Å². The van der Waals surface area contributed by atoms with Crippen molar-refractivity contribution >= 4 is 40.3 Å². The molecule has 0 bridgehead atoms. The van der Waals surface area contributed by atoms with Gasteiger partial charge in [0.05, 0.1) is 0 Å². The monoisotopic (exact) mass is 558 g/mol. The smallest absolute Gasteiger partial charge is 0.408 e. The van der Waals surface area contributed by atoms with Crippen molar-refractivity contribution in [1.29, 1.82) is 0 Å². The van der Waals surface area contributed by atoms with Crippen molar-refractivity contribution in [1.82, 2.24) is 10.2 Å². The Morgan fingerprint density at radius 3 is 2.27 bits per heavy atom. The number of alkyl carbamates (subject to hydrolysis) is 1. The van der Waals surface area contributed by atoms with Crippen molar-refractivity contribution < 1.29 is 23.9 Å². The maximum Gasteiger partial charge on any atom is 0.408 e. The van der Waals surface area contributed by atoms with Gasteiger partial charge < -0.3 is 26.0 Å². The maximum atomic E-state index is 14.0. The standard InChI is InChI=1S/C32H38N4O5/c1-6-19-36(30(39)26(17-18-27(33)37)35-31(40)41-32(3,4)5)28(23-13-11-21(2)12-14-23)29(38)34-25-16-15-22-9-7-8-10-24(22)20-25/h6-16,20,26,28H,1,17-19H2,2-5H3,(H2,33,37)(H,34,38)(H,35,40). The summed E-state index contributed by atoms with van der Waals surface area (Å²) >= 11 is 0. The fourth-order valence-corrected chi connectivity index (χ4v) is 4.35. The highest BCUT2D eigenvalue weighted by Gasteiger charge is 2.36. The van der Waals surface area contributed by atoms with Crippen LogP contribution in [0.15, 0.2) is 79.4 Å². The second-order valence-corrected chi connectivity index (χ2v) is 10.8. The van der Waals surface area contributed by atoms with Crippen molar-refractivity contribution in [3.63, 3.8) is 0 Å². The molecule has 2 atom stereocenters. The molecule has 0 heterocycles. The highest BCUT2D eigenvalue weighted by molar-refractivity contribution is 6.00. The van der Waals surface area contributed by atoms with Crippen LogP contribution in [0.25, 0.3) is 10.8 Å². The average molecular weight is 559 g/mol. The zero-order valence-corrected chi connectivity index (χ0v) is 24.0. The molecule has 41 heavy (non-hydrogen) atoms. The molecule has 3 rings (SSSR count). The van der Waals surface area contributed by atoms with Gasteiger partial charge in [-0.15, -0.1) is 6.58 Å². The predicted molar refractivity (Wildman–Crippen MR) is 160 cm³/mol. The van der Waals surface area contributed by atoms with Crippen molar-refractivity contribution in [2.24, 2.45) is 5.73 Å². The first-order chi connectivity index (χ1) is 19.4. The lowest BCUT2D eigenvalue weighted by atomic mass is 10.00. The van der Waals surface area contributed by atoms with E-state index in [9.17, 15) is 19.2 Å². The Hall–Kier alpha value is -4.66. The molecule has 0 aliphatic rings. The first-order valence-corrected chi connectivity index (χ1v) is 13.4. The van der Waals surface area contributed by atoms with Gasteiger partial charge in [0.25, 0.3) is 5.91 Å². The van der Waals surface area contributed by atoms with E-state index in [-0.39, 0.29) is 19.4 Å². The molecule has 0 saturated carbocycles. The largest absolute Gasteiger partial charge is 0.444 e. The number of carbonyl (C=O) groups is 4. The molecule has 3 aromatic carbocycles. The second-order valence-electron chi connectivity index (χ2n) is 10.8. The number of rotatable bonds is 11. The van der Waals surface area contributed by atoms with Crippen LogP contribution in [0.2, 0.25) is 0 Å². The van der Waals surface area contributed by atoms with Gasteiger partial charge in [-0.2, -0.15) is 0 Å². The first kappa shape index (κ1) is 30.9. The summed E-state index contributed by atoms with van der Waals surface area (Å²) in [6.45, 7) is 10.8. The molecule has 0 aromatic heterocycles. The summed E-state index contributed by atoms with van der Waals surface area (Å²) in [7, 11) is 0. The van der Waals surface area contributed by atoms with Gasteiger partial charge in [-0.3, -0.25) is 14.4 Å². The molecule has 9 heteroatoms. The Kier molecular flexibility index (Phi) is 10.2. The number of nitrogens with two attached hydrogens (primary N) is 1. The molecule has 0 fully saturated rings. The van der Waals surface area contributed by atoms with E-state index in [4.69, 9.17) is 10.5 Å². The first-order valence-electron chi connectivity index (χ1n) is 13.4. The number of carbonyl (C=O) groups excluding carboxylic acids is 4. The Labute approximate surface area is 240 Å². The molecular weight excluding hydrogens is 520 g/mol. The third kappa shape index (κ3) is 8.93. The van der Waals surface area contributed by atoms with E-state index in [0.29, 0.717) is 11.3 Å². The van der Waals surface area contributed by atoms with Gasteiger partial charge in [-0.1, -0.05) is 66.2 Å². The van der Waals surface area contributed by atoms with Gasteiger partial charge in [0.15, 0.2) is 0 Å². The van der Waals surface area contributed by atoms with Gasteiger partial charge in [-0.05, 0) is 62.6 Å². The molecule has 4 amide bonds. The molecule has 216 valence electrons. The normalized spacial score (nSPS) is 12.6. The van der Waals surface area contributed by atoms with Gasteiger partial charge in [0.1, 0.15) is 17.7 Å². The van der Waals surface area contributed by atoms with Crippen LogP contribution in [-0.4, -0.2) is 46.9 Å². The number of ether oxygens (including phenoxy) is 1. The summed E-state index contributed by atoms with van der Waals surface area (Å²) in [4.78, 5) is 53.5. The summed E-state index contributed by atoms with van der Waals surface area (Å²) in [6, 6.07) is 18.3. The number of nitrogens with zero attached hydrogens (tertiary/aromatic N) is 1. The summed E-state index contributed by atoms with van der Waals surface area (Å²) in [6.07, 6.45) is 0.438. The van der Waals surface area contributed by atoms with E-state index >= 15 is 0 Å². The number of primary amides is 1. The zero-order chi connectivity index (χ0) is 30.2. The summed E-state index contributed by atoms with van der Waals surface area (Å²) < 4.78 is 5.35. The molecule has 9 nitrogen and oxygen atoms in total. The number of benzene rings is 3. The molecule has 0 aliphatic carbocycles. The highest BCUT2D eigenvalue weighted by Crippen LogP contribution is 2.27. The zero-order valence-electron chi connectivity index (χ0n) is 24.0. The predicted octanol–water partition coefficient (Wildman–Crippen LogP) is 5.00. The van der Waals surface area contributed by atoms with Crippen LogP contribution in [0.1, 0.15) is 50.8 Å². The van der Waals surface area contributed by atoms with Crippen LogP contribution in [0, 0.1) is 6.92 Å². The van der Waals surface area contributed by atoms with Crippen LogP contribution in [0.4, 0.5) is 10.5 Å². The fourth-order valence-electron chi connectivity index (χ4n) is 4.35. The van der Waals surface area contributed by atoms with E-state index in [0.717, 1.165) is 16.3 Å². The lowest BCUT2D eigenvalue weighted by molar-refractivity contribution is -0.140. The molecule has 0 spiro atoms. The van der Waals surface area contributed by atoms with Gasteiger partial charge in [-0.25, -0.2) is 4.79 Å². The van der Waals surface area contributed by atoms with Crippen LogP contribution < -0.4 is 16.4 Å². The van der Waals surface area contributed by atoms with Gasteiger partial charge in [0.2, 0.25) is 11.8 Å². The minimum atomic E-state index is -1.18. The summed E-state index contributed by atoms with van der Waals surface area (Å²) in [5.74, 6) is -1.67. The highest BCUT2D eigenvalue weighted by atomic mass is 16.6. The Morgan fingerprint density at radius 1 is 1.00 bits per heavy atom. The van der Waals surface area contributed by atoms with Gasteiger partial charge >= 0.3 is 6.09 Å². The number of amides is 4. The Balaban J connectivity index is 2.00. The number of anilines is 1. The number of hydrogen-bond acceptors (Lipinski definition) is 5. The molecule has 0 radical (unpaired) electrons.